The Balaban J connectivity index is -0.000000327. The fraction of sp³-hybridized carbons (Fsp3) is 0.857. The second-order valence-electron chi connectivity index (χ2n) is 3.00. The second kappa shape index (κ2) is 10.2. The van der Waals surface area contributed by atoms with Crippen molar-refractivity contribution in [2.75, 3.05) is 6.61 Å². The van der Waals surface area contributed by atoms with Crippen LogP contribution < -0.4 is 29.6 Å². The van der Waals surface area contributed by atoms with Crippen molar-refractivity contribution in [2.45, 2.75) is 30.5 Å². The maximum absolute atomic E-state index is 10.2. The van der Waals surface area contributed by atoms with E-state index in [2.05, 4.69) is 0 Å². The minimum absolute atomic E-state index is 0. The average Bonchev–Trinajstić information content (AvgIpc) is 2.23. The van der Waals surface area contributed by atoms with Gasteiger partial charge in [-0.05, 0) is 0 Å². The van der Waals surface area contributed by atoms with Crippen molar-refractivity contribution < 1.29 is 71.5 Å². The van der Waals surface area contributed by atoms with E-state index in [9.17, 15) is 4.79 Å². The Hall–Kier alpha value is 0.295. The first-order chi connectivity index (χ1) is 6.82. The molecule has 0 aliphatic carbocycles. The molecule has 0 saturated carbocycles. The van der Waals surface area contributed by atoms with E-state index in [1.54, 1.807) is 0 Å². The van der Waals surface area contributed by atoms with Crippen LogP contribution in [0.5, 0.6) is 0 Å². The van der Waals surface area contributed by atoms with Crippen molar-refractivity contribution >= 4 is 14.4 Å². The van der Waals surface area contributed by atoms with E-state index in [-0.39, 0.29) is 39.4 Å². The van der Waals surface area contributed by atoms with E-state index in [1.165, 1.54) is 0 Å². The van der Waals surface area contributed by atoms with E-state index in [1.807, 2.05) is 0 Å². The van der Waals surface area contributed by atoms with Gasteiger partial charge in [-0.25, -0.2) is 4.79 Å². The van der Waals surface area contributed by atoms with Crippen LogP contribution in [0.1, 0.15) is 1.43 Å². The molecule has 0 aromatic rings. The summed E-state index contributed by atoms with van der Waals surface area (Å²) in [6.07, 6.45) is -10.2. The van der Waals surface area contributed by atoms with Gasteiger partial charge >= 0.3 is 35.5 Å². The zero-order valence-corrected chi connectivity index (χ0v) is 11.2. The summed E-state index contributed by atoms with van der Waals surface area (Å²) in [4.78, 5) is 10.2. The molecule has 0 saturated heterocycles. The number of carboxylic acid groups (broad SMARTS) is 1. The molecule has 0 spiro atoms. The molecule has 0 aromatic carbocycles. The van der Waals surface area contributed by atoms with Gasteiger partial charge in [0.1, 0.15) is 24.4 Å². The third-order valence-corrected chi connectivity index (χ3v) is 1.86. The van der Waals surface area contributed by atoms with Crippen LogP contribution in [0.25, 0.3) is 0 Å². The smallest absolute Gasteiger partial charge is 1.00 e. The van der Waals surface area contributed by atoms with Gasteiger partial charge in [0.05, 0.1) is 6.61 Å². The standard InChI is InChI=1S/C7H14O8.B.Na.H/c8-1-2(9)3(10)4(11)5(12)6(13)7(14)15;;;/h2-6,8-13H,1H2,(H,14,15);;;/q;;+1;-1/t2?,3-,4-,5+,6-;;;/m1.../s1. The number of aliphatic hydroxyl groups is 6. The van der Waals surface area contributed by atoms with Gasteiger partial charge in [0.25, 0.3) is 0 Å². The van der Waals surface area contributed by atoms with Crippen LogP contribution in [-0.2, 0) is 4.79 Å². The molecule has 1 unspecified atom stereocenters. The molecule has 17 heavy (non-hydrogen) atoms. The van der Waals surface area contributed by atoms with Crippen molar-refractivity contribution in [1.29, 1.82) is 0 Å². The van der Waals surface area contributed by atoms with Gasteiger partial charge < -0.3 is 37.2 Å². The summed E-state index contributed by atoms with van der Waals surface area (Å²) in [5, 5.41) is 61.5. The van der Waals surface area contributed by atoms with E-state index < -0.39 is 43.1 Å². The topological polar surface area (TPSA) is 159 Å². The minimum Gasteiger partial charge on any atom is -1.00 e. The Morgan fingerprint density at radius 2 is 1.41 bits per heavy atom. The van der Waals surface area contributed by atoms with Gasteiger partial charge in [-0.3, -0.25) is 0 Å². The zero-order chi connectivity index (χ0) is 12.2. The summed E-state index contributed by atoms with van der Waals surface area (Å²) in [6, 6.07) is 0. The third-order valence-electron chi connectivity index (χ3n) is 1.86. The van der Waals surface area contributed by atoms with Crippen LogP contribution in [0.3, 0.4) is 0 Å². The summed E-state index contributed by atoms with van der Waals surface area (Å²) >= 11 is 0. The molecule has 0 fully saturated rings. The predicted octanol–water partition coefficient (Wildman–Crippen LogP) is -7.40. The van der Waals surface area contributed by atoms with Gasteiger partial charge in [-0.15, -0.1) is 0 Å². The average molecular weight is 261 g/mol. The van der Waals surface area contributed by atoms with Crippen LogP contribution in [0.15, 0.2) is 0 Å². The molecule has 0 aliphatic rings. The van der Waals surface area contributed by atoms with E-state index >= 15 is 0 Å². The Kier molecular flexibility index (Phi) is 13.5. The van der Waals surface area contributed by atoms with Crippen molar-refractivity contribution in [2.24, 2.45) is 0 Å². The number of rotatable bonds is 6. The first kappa shape index (κ1) is 22.5. The Morgan fingerprint density at radius 1 is 1.00 bits per heavy atom. The van der Waals surface area contributed by atoms with Crippen LogP contribution in [0, 0.1) is 0 Å². The number of aliphatic carboxylic acids is 1. The van der Waals surface area contributed by atoms with E-state index in [4.69, 9.17) is 35.7 Å². The summed E-state index contributed by atoms with van der Waals surface area (Å²) < 4.78 is 0. The Labute approximate surface area is 123 Å². The number of hydrogen-bond acceptors (Lipinski definition) is 7. The van der Waals surface area contributed by atoms with Crippen molar-refractivity contribution in [3.63, 3.8) is 0 Å². The molecule has 0 amide bonds. The number of hydrogen-bond donors (Lipinski definition) is 7. The number of carboxylic acids is 1. The van der Waals surface area contributed by atoms with Crippen LogP contribution in [0.4, 0.5) is 0 Å². The minimum atomic E-state index is -2.29. The molecule has 5 atom stereocenters. The fourth-order valence-electron chi connectivity index (χ4n) is 0.870. The van der Waals surface area contributed by atoms with Crippen molar-refractivity contribution in [3.8, 4) is 0 Å². The third kappa shape index (κ3) is 6.70. The molecule has 0 aromatic heterocycles. The maximum atomic E-state index is 10.2. The van der Waals surface area contributed by atoms with Gasteiger partial charge in [-0.1, -0.05) is 0 Å². The molecule has 7 N–H and O–H groups in total. The van der Waals surface area contributed by atoms with Gasteiger partial charge in [0, 0.05) is 8.41 Å². The van der Waals surface area contributed by atoms with Crippen molar-refractivity contribution in [1.82, 2.24) is 0 Å². The molecule has 0 heterocycles. The summed E-state index contributed by atoms with van der Waals surface area (Å²) in [5.74, 6) is -1.78. The molecule has 0 aliphatic heterocycles. The van der Waals surface area contributed by atoms with Gasteiger partial charge in [0.2, 0.25) is 0 Å². The van der Waals surface area contributed by atoms with Gasteiger partial charge in [0.15, 0.2) is 6.10 Å². The quantitative estimate of drug-likeness (QED) is 0.232. The maximum Gasteiger partial charge on any atom is 1.00 e. The number of aliphatic hydroxyl groups excluding tert-OH is 6. The fourth-order valence-corrected chi connectivity index (χ4v) is 0.870. The van der Waals surface area contributed by atoms with Crippen LogP contribution in [0.2, 0.25) is 0 Å². The van der Waals surface area contributed by atoms with Crippen LogP contribution >= 0.6 is 0 Å². The monoisotopic (exact) mass is 261 g/mol. The predicted molar refractivity (Wildman–Crippen MR) is 51.6 cm³/mol. The van der Waals surface area contributed by atoms with Crippen LogP contribution in [-0.4, -0.2) is 87.3 Å². The normalized spacial score (nSPS) is 18.9. The Morgan fingerprint density at radius 3 is 1.71 bits per heavy atom. The summed E-state index contributed by atoms with van der Waals surface area (Å²) in [7, 11) is 0. The second-order valence-corrected chi connectivity index (χ2v) is 3.00. The molecular formula is C7H15BNaO8. The molecule has 0 rings (SSSR count). The molecular weight excluding hydrogens is 246 g/mol. The van der Waals surface area contributed by atoms with E-state index in [0.717, 1.165) is 0 Å². The summed E-state index contributed by atoms with van der Waals surface area (Å²) in [6.45, 7) is -0.881. The largest absolute Gasteiger partial charge is 1.00 e. The Bertz CT molecular complexity index is 224. The zero-order valence-electron chi connectivity index (χ0n) is 10.2. The summed E-state index contributed by atoms with van der Waals surface area (Å²) in [5.41, 5.74) is 0. The molecule has 8 nitrogen and oxygen atoms in total. The van der Waals surface area contributed by atoms with E-state index in [0.29, 0.717) is 0 Å². The molecule has 10 heteroatoms. The first-order valence-electron chi connectivity index (χ1n) is 4.07. The molecule has 95 valence electrons. The number of carbonyl (C=O) groups is 1. The SMILES string of the molecule is O=C(O)[C@H](O)[C@@H](O)[C@H](O)[C@H](O)C(O)CO.[B].[H-].[Na+]. The molecule has 0 bridgehead atoms. The molecule has 3 radical (unpaired) electrons. The van der Waals surface area contributed by atoms with Crippen molar-refractivity contribution in [3.05, 3.63) is 0 Å². The first-order valence-corrected chi connectivity index (χ1v) is 4.07. The van der Waals surface area contributed by atoms with Gasteiger partial charge in [-0.2, -0.15) is 0 Å².